The summed E-state index contributed by atoms with van der Waals surface area (Å²) in [5.74, 6) is -1.19. The molecule has 0 aromatic carbocycles. The normalized spacial score (nSPS) is 11.7. The molecular weight excluding hydrogens is 370 g/mol. The Balaban J connectivity index is 2.13. The molecule has 0 saturated carbocycles. The minimum atomic E-state index is -3.66. The van der Waals surface area contributed by atoms with Gasteiger partial charge >= 0.3 is 5.97 Å². The standard InChI is InChI=1S/C11H10BrNO5S2/c1-6-9(4-10(12)19-6)20(16,17)13-5-7-2-3-8(18-7)11(14)15/h2-4,13H,5H2,1H3,(H,14,15). The molecule has 0 aliphatic rings. The number of carboxylic acids is 1. The smallest absolute Gasteiger partial charge is 0.371 e. The van der Waals surface area contributed by atoms with Crippen molar-refractivity contribution in [2.24, 2.45) is 0 Å². The van der Waals surface area contributed by atoms with E-state index in [-0.39, 0.29) is 23.0 Å². The van der Waals surface area contributed by atoms with Gasteiger partial charge in [-0.05, 0) is 41.1 Å². The third kappa shape index (κ3) is 3.29. The molecule has 0 amide bonds. The molecule has 20 heavy (non-hydrogen) atoms. The second kappa shape index (κ2) is 5.68. The van der Waals surface area contributed by atoms with Gasteiger partial charge in [0.25, 0.3) is 0 Å². The summed E-state index contributed by atoms with van der Waals surface area (Å²) < 4.78 is 32.3. The number of aryl methyl sites for hydroxylation is 1. The second-order valence-corrected chi connectivity index (χ2v) is 8.24. The summed E-state index contributed by atoms with van der Waals surface area (Å²) in [7, 11) is -3.66. The van der Waals surface area contributed by atoms with Gasteiger partial charge in [0.05, 0.1) is 15.2 Å². The fraction of sp³-hybridized carbons (Fsp3) is 0.182. The van der Waals surface area contributed by atoms with Gasteiger partial charge < -0.3 is 9.52 Å². The van der Waals surface area contributed by atoms with E-state index >= 15 is 0 Å². The fourth-order valence-electron chi connectivity index (χ4n) is 1.53. The van der Waals surface area contributed by atoms with Gasteiger partial charge in [-0.25, -0.2) is 17.9 Å². The van der Waals surface area contributed by atoms with Crippen LogP contribution in [0.25, 0.3) is 0 Å². The Labute approximate surface area is 127 Å². The van der Waals surface area contributed by atoms with E-state index in [0.29, 0.717) is 4.88 Å². The average molecular weight is 380 g/mol. The summed E-state index contributed by atoms with van der Waals surface area (Å²) in [6.45, 7) is 1.60. The second-order valence-electron chi connectivity index (χ2n) is 3.87. The highest BCUT2D eigenvalue weighted by Crippen LogP contribution is 2.29. The first-order valence-electron chi connectivity index (χ1n) is 5.37. The molecule has 0 fully saturated rings. The highest BCUT2D eigenvalue weighted by molar-refractivity contribution is 9.11. The Bertz CT molecular complexity index is 747. The van der Waals surface area contributed by atoms with E-state index in [0.717, 1.165) is 3.79 Å². The van der Waals surface area contributed by atoms with Gasteiger partial charge in [0.15, 0.2) is 0 Å². The van der Waals surface area contributed by atoms with Crippen LogP contribution >= 0.6 is 27.3 Å². The van der Waals surface area contributed by atoms with E-state index in [1.54, 1.807) is 6.92 Å². The van der Waals surface area contributed by atoms with Crippen molar-refractivity contribution in [2.45, 2.75) is 18.4 Å². The van der Waals surface area contributed by atoms with Crippen LogP contribution in [0.1, 0.15) is 21.2 Å². The maximum Gasteiger partial charge on any atom is 0.371 e. The number of rotatable bonds is 5. The van der Waals surface area contributed by atoms with Crippen LogP contribution in [-0.4, -0.2) is 19.5 Å². The Hall–Kier alpha value is -1.16. The van der Waals surface area contributed by atoms with Crippen LogP contribution in [-0.2, 0) is 16.6 Å². The predicted octanol–water partition coefficient (Wildman–Crippen LogP) is 2.59. The third-order valence-electron chi connectivity index (χ3n) is 2.44. The van der Waals surface area contributed by atoms with Crippen LogP contribution < -0.4 is 4.72 Å². The topological polar surface area (TPSA) is 96.6 Å². The molecule has 0 aliphatic heterocycles. The lowest BCUT2D eigenvalue weighted by atomic mass is 10.4. The molecule has 2 rings (SSSR count). The van der Waals surface area contributed by atoms with E-state index in [1.165, 1.54) is 29.5 Å². The van der Waals surface area contributed by atoms with Gasteiger partial charge in [-0.1, -0.05) is 0 Å². The quantitative estimate of drug-likeness (QED) is 0.831. The zero-order valence-electron chi connectivity index (χ0n) is 10.2. The Morgan fingerprint density at radius 1 is 1.50 bits per heavy atom. The van der Waals surface area contributed by atoms with Gasteiger partial charge in [-0.2, -0.15) is 0 Å². The maximum absolute atomic E-state index is 12.1. The van der Waals surface area contributed by atoms with Crippen molar-refractivity contribution in [2.75, 3.05) is 0 Å². The van der Waals surface area contributed by atoms with Crippen molar-refractivity contribution in [3.63, 3.8) is 0 Å². The molecule has 0 bridgehead atoms. The Morgan fingerprint density at radius 3 is 2.70 bits per heavy atom. The van der Waals surface area contributed by atoms with Gasteiger partial charge in [0, 0.05) is 4.88 Å². The summed E-state index contributed by atoms with van der Waals surface area (Å²) in [6.07, 6.45) is 0. The van der Waals surface area contributed by atoms with Crippen LogP contribution in [0.3, 0.4) is 0 Å². The number of thiophene rings is 1. The molecule has 9 heteroatoms. The zero-order chi connectivity index (χ0) is 14.9. The molecule has 6 nitrogen and oxygen atoms in total. The van der Waals surface area contributed by atoms with Crippen molar-refractivity contribution >= 4 is 43.3 Å². The van der Waals surface area contributed by atoms with Gasteiger partial charge in [-0.3, -0.25) is 0 Å². The first kappa shape index (κ1) is 15.2. The molecule has 0 atom stereocenters. The highest BCUT2D eigenvalue weighted by atomic mass is 79.9. The summed E-state index contributed by atoms with van der Waals surface area (Å²) >= 11 is 4.56. The zero-order valence-corrected chi connectivity index (χ0v) is 13.4. The van der Waals surface area contributed by atoms with E-state index in [4.69, 9.17) is 9.52 Å². The number of sulfonamides is 1. The number of nitrogens with one attached hydrogen (secondary N) is 1. The molecule has 2 N–H and O–H groups in total. The number of furan rings is 1. The Kier molecular flexibility index (Phi) is 4.33. The van der Waals surface area contributed by atoms with Crippen molar-refractivity contribution in [3.05, 3.63) is 38.4 Å². The fourth-order valence-corrected chi connectivity index (χ4v) is 4.93. The summed E-state index contributed by atoms with van der Waals surface area (Å²) in [5, 5.41) is 8.71. The largest absolute Gasteiger partial charge is 0.475 e. The number of carbonyl (C=O) groups is 1. The molecule has 0 aliphatic carbocycles. The van der Waals surface area contributed by atoms with Crippen molar-refractivity contribution in [3.8, 4) is 0 Å². The number of hydrogen-bond acceptors (Lipinski definition) is 5. The molecule has 0 spiro atoms. The van der Waals surface area contributed by atoms with Crippen molar-refractivity contribution < 1.29 is 22.7 Å². The molecule has 2 aromatic rings. The lowest BCUT2D eigenvalue weighted by Crippen LogP contribution is -2.23. The molecule has 0 radical (unpaired) electrons. The van der Waals surface area contributed by atoms with Crippen LogP contribution in [0.15, 0.2) is 31.3 Å². The molecule has 0 saturated heterocycles. The third-order valence-corrected chi connectivity index (χ3v) is 5.65. The lowest BCUT2D eigenvalue weighted by Gasteiger charge is -2.04. The molecule has 108 valence electrons. The monoisotopic (exact) mass is 379 g/mol. The van der Waals surface area contributed by atoms with Crippen LogP contribution in [0, 0.1) is 6.92 Å². The predicted molar refractivity (Wildman–Crippen MR) is 76.4 cm³/mol. The number of carboxylic acid groups (broad SMARTS) is 1. The molecular formula is C11H10BrNO5S2. The van der Waals surface area contributed by atoms with Gasteiger partial charge in [0.2, 0.25) is 15.8 Å². The maximum atomic E-state index is 12.1. The Morgan fingerprint density at radius 2 is 2.20 bits per heavy atom. The summed E-state index contributed by atoms with van der Waals surface area (Å²) in [4.78, 5) is 11.5. The van der Waals surface area contributed by atoms with E-state index in [2.05, 4.69) is 20.7 Å². The van der Waals surface area contributed by atoms with E-state index < -0.39 is 16.0 Å². The molecule has 0 unspecified atom stereocenters. The van der Waals surface area contributed by atoms with Crippen LogP contribution in [0.4, 0.5) is 0 Å². The van der Waals surface area contributed by atoms with Gasteiger partial charge in [-0.15, -0.1) is 11.3 Å². The highest BCUT2D eigenvalue weighted by Gasteiger charge is 2.20. The van der Waals surface area contributed by atoms with Crippen molar-refractivity contribution in [1.82, 2.24) is 4.72 Å². The first-order chi connectivity index (χ1) is 9.29. The van der Waals surface area contributed by atoms with E-state index in [9.17, 15) is 13.2 Å². The average Bonchev–Trinajstić information content (AvgIpc) is 2.93. The number of hydrogen-bond donors (Lipinski definition) is 2. The van der Waals surface area contributed by atoms with Crippen molar-refractivity contribution in [1.29, 1.82) is 0 Å². The van der Waals surface area contributed by atoms with E-state index in [1.807, 2.05) is 0 Å². The summed E-state index contributed by atoms with van der Waals surface area (Å²) in [5.41, 5.74) is 0. The minimum absolute atomic E-state index is 0.109. The molecule has 2 heterocycles. The number of halogens is 1. The lowest BCUT2D eigenvalue weighted by molar-refractivity contribution is 0.0660. The summed E-state index contributed by atoms with van der Waals surface area (Å²) in [6, 6.07) is 4.22. The molecule has 2 aromatic heterocycles. The number of aromatic carboxylic acids is 1. The van der Waals surface area contributed by atoms with Gasteiger partial charge in [0.1, 0.15) is 5.76 Å². The minimum Gasteiger partial charge on any atom is -0.475 e. The van der Waals surface area contributed by atoms with Crippen LogP contribution in [0.5, 0.6) is 0 Å². The first-order valence-corrected chi connectivity index (χ1v) is 8.46. The van der Waals surface area contributed by atoms with Crippen LogP contribution in [0.2, 0.25) is 0 Å². The SMILES string of the molecule is Cc1sc(Br)cc1S(=O)(=O)NCc1ccc(C(=O)O)o1.